The third kappa shape index (κ3) is 36.7. The highest BCUT2D eigenvalue weighted by Gasteiger charge is 2.28. The summed E-state index contributed by atoms with van der Waals surface area (Å²) in [4.78, 5) is 46.0. The van der Waals surface area contributed by atoms with Crippen LogP contribution in [0.2, 0.25) is 0 Å². The van der Waals surface area contributed by atoms with Gasteiger partial charge in [0.1, 0.15) is 12.6 Å². The van der Waals surface area contributed by atoms with Crippen LogP contribution in [0.3, 0.4) is 0 Å². The minimum atomic E-state index is -4.75. The summed E-state index contributed by atoms with van der Waals surface area (Å²) in [7, 11) is -4.75. The van der Waals surface area contributed by atoms with Crippen molar-refractivity contribution >= 4 is 25.7 Å². The van der Waals surface area contributed by atoms with Crippen LogP contribution in [-0.2, 0) is 37.5 Å². The molecule has 1 unspecified atom stereocenters. The van der Waals surface area contributed by atoms with Gasteiger partial charge in [0, 0.05) is 12.8 Å². The van der Waals surface area contributed by atoms with Crippen molar-refractivity contribution in [1.29, 1.82) is 0 Å². The van der Waals surface area contributed by atoms with Crippen LogP contribution in [0.15, 0.2) is 36.5 Å². The minimum absolute atomic E-state index is 0.120. The smallest absolute Gasteiger partial charge is 0.472 e. The number of carbonyl (C=O) groups excluding carboxylic acids is 2. The van der Waals surface area contributed by atoms with Crippen LogP contribution in [0.5, 0.6) is 0 Å². The van der Waals surface area contributed by atoms with E-state index in [9.17, 15) is 34.1 Å². The Hall–Kier alpha value is -2.38. The fourth-order valence-corrected chi connectivity index (χ4v) is 6.66. The number of carboxylic acid groups (broad SMARTS) is 1. The second-order valence-corrected chi connectivity index (χ2v) is 16.6. The van der Waals surface area contributed by atoms with Crippen LogP contribution in [0, 0.1) is 0 Å². The van der Waals surface area contributed by atoms with Gasteiger partial charge in [0.05, 0.1) is 25.4 Å². The van der Waals surface area contributed by atoms with Crippen molar-refractivity contribution in [3.63, 3.8) is 0 Å². The summed E-state index contributed by atoms with van der Waals surface area (Å²) in [6.45, 7) is 2.55. The van der Waals surface area contributed by atoms with E-state index in [0.29, 0.717) is 25.7 Å². The Labute approximate surface area is 349 Å². The van der Waals surface area contributed by atoms with Crippen molar-refractivity contribution in [3.05, 3.63) is 36.5 Å². The molecule has 0 fully saturated rings. The van der Waals surface area contributed by atoms with Gasteiger partial charge in [0.15, 0.2) is 6.10 Å². The molecular weight excluding hydrogens is 765 g/mol. The molecule has 0 aliphatic heterocycles. The van der Waals surface area contributed by atoms with Crippen LogP contribution >= 0.6 is 7.82 Å². The number of aliphatic hydroxyl groups excluding tert-OH is 2. The van der Waals surface area contributed by atoms with E-state index in [2.05, 4.69) is 48.8 Å². The van der Waals surface area contributed by atoms with E-state index >= 15 is 0 Å². The van der Waals surface area contributed by atoms with Crippen molar-refractivity contribution in [2.45, 2.75) is 205 Å². The lowest BCUT2D eigenvalue weighted by molar-refractivity contribution is -0.161. The molecule has 0 saturated heterocycles. The fourth-order valence-electron chi connectivity index (χ4n) is 5.88. The zero-order valence-electron chi connectivity index (χ0n) is 35.9. The number of rotatable bonds is 41. The summed E-state index contributed by atoms with van der Waals surface area (Å²) < 4.78 is 32.6. The first-order valence-electron chi connectivity index (χ1n) is 22.2. The molecular formula is C44H80NO12P. The maximum Gasteiger partial charge on any atom is 0.472 e. The average molecular weight is 846 g/mol. The van der Waals surface area contributed by atoms with Gasteiger partial charge in [0.2, 0.25) is 0 Å². The maximum absolute atomic E-state index is 12.6. The predicted octanol–water partition coefficient (Wildman–Crippen LogP) is 9.56. The van der Waals surface area contributed by atoms with Crippen LogP contribution in [-0.4, -0.2) is 82.3 Å². The molecule has 13 nitrogen and oxygen atoms in total. The van der Waals surface area contributed by atoms with Gasteiger partial charge >= 0.3 is 25.7 Å². The Morgan fingerprint density at radius 2 is 1.09 bits per heavy atom. The van der Waals surface area contributed by atoms with E-state index < -0.39 is 69.9 Å². The third-order valence-electron chi connectivity index (χ3n) is 9.56. The van der Waals surface area contributed by atoms with Gasteiger partial charge in [0.25, 0.3) is 0 Å². The molecule has 0 amide bonds. The minimum Gasteiger partial charge on any atom is -0.480 e. The molecule has 0 aliphatic rings. The van der Waals surface area contributed by atoms with E-state index in [4.69, 9.17) is 24.8 Å². The summed E-state index contributed by atoms with van der Waals surface area (Å²) in [6, 6.07) is -1.55. The molecule has 14 heteroatoms. The monoisotopic (exact) mass is 846 g/mol. The zero-order valence-corrected chi connectivity index (χ0v) is 36.8. The number of ether oxygens (including phenoxy) is 2. The number of hydrogen-bond acceptors (Lipinski definition) is 11. The normalized spacial score (nSPS) is 15.1. The molecule has 6 N–H and O–H groups in total. The summed E-state index contributed by atoms with van der Waals surface area (Å²) in [6.07, 6.45) is 33.7. The highest BCUT2D eigenvalue weighted by molar-refractivity contribution is 7.47. The molecule has 58 heavy (non-hydrogen) atoms. The molecule has 0 aromatic rings. The van der Waals surface area contributed by atoms with Crippen LogP contribution in [0.4, 0.5) is 0 Å². The highest BCUT2D eigenvalue weighted by atomic mass is 31.2. The van der Waals surface area contributed by atoms with E-state index in [-0.39, 0.29) is 12.8 Å². The van der Waals surface area contributed by atoms with E-state index in [1.165, 1.54) is 32.1 Å². The zero-order chi connectivity index (χ0) is 43.1. The number of phosphoric ester groups is 1. The maximum atomic E-state index is 12.6. The van der Waals surface area contributed by atoms with Crippen LogP contribution < -0.4 is 5.73 Å². The topological polar surface area (TPSA) is 212 Å². The van der Waals surface area contributed by atoms with Gasteiger partial charge < -0.3 is 35.4 Å². The highest BCUT2D eigenvalue weighted by Crippen LogP contribution is 2.43. The Morgan fingerprint density at radius 3 is 1.66 bits per heavy atom. The van der Waals surface area contributed by atoms with E-state index in [0.717, 1.165) is 96.3 Å². The summed E-state index contributed by atoms with van der Waals surface area (Å²) >= 11 is 0. The van der Waals surface area contributed by atoms with Gasteiger partial charge in [-0.2, -0.15) is 0 Å². The largest absolute Gasteiger partial charge is 0.480 e. The first-order chi connectivity index (χ1) is 27.9. The Kier molecular flexibility index (Phi) is 37.2. The summed E-state index contributed by atoms with van der Waals surface area (Å²) in [5.41, 5.74) is 5.32. The number of phosphoric acid groups is 1. The second-order valence-electron chi connectivity index (χ2n) is 15.1. The fraction of sp³-hybridized carbons (Fsp3) is 0.795. The van der Waals surface area contributed by atoms with Gasteiger partial charge in [-0.15, -0.1) is 0 Å². The molecule has 0 bridgehead atoms. The molecule has 0 aromatic carbocycles. The summed E-state index contributed by atoms with van der Waals surface area (Å²) in [5.74, 6) is -2.52. The van der Waals surface area contributed by atoms with E-state index in [1.807, 2.05) is 6.08 Å². The number of carbonyl (C=O) groups is 3. The predicted molar refractivity (Wildman–Crippen MR) is 229 cm³/mol. The molecule has 0 aliphatic carbocycles. The second kappa shape index (κ2) is 38.8. The van der Waals surface area contributed by atoms with Gasteiger partial charge in [-0.1, -0.05) is 134 Å². The Bertz CT molecular complexity index is 1160. The lowest BCUT2D eigenvalue weighted by atomic mass is 10.0. The van der Waals surface area contributed by atoms with Crippen molar-refractivity contribution < 1.29 is 57.7 Å². The number of esters is 2. The first kappa shape index (κ1) is 55.6. The SMILES string of the molecule is CCCCC/C=C\C/C=C\CCCCCCCCCC(=O)O[C@H](COC(=O)CCCCCCC[C@@H](O)[C@H](O)C/C=C\CCCCC)COP(=O)(O)OC[C@H](N)C(=O)O. The molecule has 0 saturated carbocycles. The van der Waals surface area contributed by atoms with Crippen molar-refractivity contribution in [3.8, 4) is 0 Å². The number of unbranched alkanes of at least 4 members (excludes halogenated alkanes) is 17. The number of aliphatic hydroxyl groups is 2. The summed E-state index contributed by atoms with van der Waals surface area (Å²) in [5, 5.41) is 29.3. The lowest BCUT2D eigenvalue weighted by Gasteiger charge is -2.20. The van der Waals surface area contributed by atoms with Crippen LogP contribution in [0.25, 0.3) is 0 Å². The number of hydrogen-bond donors (Lipinski definition) is 5. The molecule has 0 radical (unpaired) electrons. The van der Waals surface area contributed by atoms with Crippen molar-refractivity contribution in [1.82, 2.24) is 0 Å². The molecule has 338 valence electrons. The average Bonchev–Trinajstić information content (AvgIpc) is 3.19. The first-order valence-corrected chi connectivity index (χ1v) is 23.7. The molecule has 5 atom stereocenters. The van der Waals surface area contributed by atoms with E-state index in [1.54, 1.807) is 0 Å². The number of nitrogens with two attached hydrogens (primary N) is 1. The third-order valence-corrected chi connectivity index (χ3v) is 10.5. The van der Waals surface area contributed by atoms with Crippen LogP contribution in [0.1, 0.15) is 181 Å². The number of carboxylic acids is 1. The van der Waals surface area contributed by atoms with Gasteiger partial charge in [-0.25, -0.2) is 4.57 Å². The van der Waals surface area contributed by atoms with Gasteiger partial charge in [-0.05, 0) is 70.6 Å². The molecule has 0 spiro atoms. The van der Waals surface area contributed by atoms with Crippen molar-refractivity contribution in [2.75, 3.05) is 19.8 Å². The quantitative estimate of drug-likeness (QED) is 0.0168. The molecule has 0 aromatic heterocycles. The lowest BCUT2D eigenvalue weighted by Crippen LogP contribution is -2.34. The number of aliphatic carboxylic acids is 1. The number of allylic oxidation sites excluding steroid dienone is 5. The Morgan fingerprint density at radius 1 is 0.603 bits per heavy atom. The Balaban J connectivity index is 4.48. The standard InChI is InChI=1S/C44H80NO12P/c1-3-5-7-9-11-12-13-14-15-16-17-18-19-20-21-25-30-34-43(49)57-38(36-55-58(52,53)56-37-39(45)44(50)51)35-54-42(48)33-29-26-22-24-28-32-41(47)40(46)31-27-23-10-8-6-4-2/h11-12,14-15,23,27,38-41,46-47H,3-10,13,16-22,24-26,28-37,45H2,1-2H3,(H,50,51)(H,52,53)/b12-11-,15-14-,27-23-/t38-,39+,40-,41-/m1/s1. The molecule has 0 heterocycles. The molecule has 0 rings (SSSR count). The van der Waals surface area contributed by atoms with Crippen molar-refractivity contribution in [2.24, 2.45) is 5.73 Å². The van der Waals surface area contributed by atoms with Gasteiger partial charge in [-0.3, -0.25) is 23.4 Å².